The summed E-state index contributed by atoms with van der Waals surface area (Å²) in [7, 11) is 1.78. The molecule has 1 aromatic carbocycles. The molecular weight excluding hydrogens is 492 g/mol. The van der Waals surface area contributed by atoms with Crippen molar-refractivity contribution in [3.05, 3.63) is 71.7 Å². The second kappa shape index (κ2) is 11.4. The molecule has 200 valence electrons. The summed E-state index contributed by atoms with van der Waals surface area (Å²) in [5, 5.41) is 6.76. The Labute approximate surface area is 220 Å². The van der Waals surface area contributed by atoms with Gasteiger partial charge in [-0.1, -0.05) is 11.2 Å². The number of nitrogens with one attached hydrogen (secondary N) is 1. The summed E-state index contributed by atoms with van der Waals surface area (Å²) in [6.07, 6.45) is 5.45. The number of rotatable bonds is 9. The molecule has 2 aliphatic rings. The van der Waals surface area contributed by atoms with Crippen LogP contribution in [0.3, 0.4) is 0 Å². The van der Waals surface area contributed by atoms with E-state index in [0.717, 1.165) is 30.9 Å². The van der Waals surface area contributed by atoms with Crippen molar-refractivity contribution in [3.8, 4) is 11.3 Å². The van der Waals surface area contributed by atoms with E-state index in [2.05, 4.69) is 20.4 Å². The molecule has 3 aromatic rings. The molecule has 8 nitrogen and oxygen atoms in total. The predicted molar refractivity (Wildman–Crippen MR) is 136 cm³/mol. The lowest BCUT2D eigenvalue weighted by Gasteiger charge is -2.39. The SMILES string of the molecule is CN(CCc1ccccn1)C(=O)[C@@H]1CN(CC2CC2)CC[C@H]1NC(=O)c1cc(-c2ccc(F)cc2F)on1. The van der Waals surface area contributed by atoms with Gasteiger partial charge < -0.3 is 19.6 Å². The molecule has 1 aliphatic heterocycles. The molecule has 3 heterocycles. The highest BCUT2D eigenvalue weighted by Gasteiger charge is 2.38. The molecule has 2 amide bonds. The Morgan fingerprint density at radius 2 is 2.00 bits per heavy atom. The average Bonchev–Trinajstić information content (AvgIpc) is 3.60. The van der Waals surface area contributed by atoms with Crippen molar-refractivity contribution in [2.75, 3.05) is 33.2 Å². The molecule has 5 rings (SSSR count). The number of piperidine rings is 1. The summed E-state index contributed by atoms with van der Waals surface area (Å²) in [5.74, 6) is -1.75. The van der Waals surface area contributed by atoms with Gasteiger partial charge in [0.15, 0.2) is 11.5 Å². The molecule has 1 N–H and O–H groups in total. The van der Waals surface area contributed by atoms with E-state index < -0.39 is 23.5 Å². The van der Waals surface area contributed by atoms with Crippen molar-refractivity contribution in [1.29, 1.82) is 0 Å². The minimum atomic E-state index is -0.810. The van der Waals surface area contributed by atoms with Crippen LogP contribution < -0.4 is 5.32 Å². The topological polar surface area (TPSA) is 91.6 Å². The quantitative estimate of drug-likeness (QED) is 0.461. The number of nitrogens with zero attached hydrogens (tertiary/aromatic N) is 4. The number of amides is 2. The molecule has 1 aliphatic carbocycles. The summed E-state index contributed by atoms with van der Waals surface area (Å²) in [4.78, 5) is 35.0. The van der Waals surface area contributed by atoms with Gasteiger partial charge in [-0.15, -0.1) is 0 Å². The van der Waals surface area contributed by atoms with E-state index in [9.17, 15) is 18.4 Å². The zero-order valence-corrected chi connectivity index (χ0v) is 21.3. The van der Waals surface area contributed by atoms with Crippen LogP contribution in [0.5, 0.6) is 0 Å². The molecule has 10 heteroatoms. The highest BCUT2D eigenvalue weighted by atomic mass is 19.1. The third kappa shape index (κ3) is 6.24. The third-order valence-electron chi connectivity index (χ3n) is 7.29. The Kier molecular flexibility index (Phi) is 7.78. The van der Waals surface area contributed by atoms with E-state index in [4.69, 9.17) is 4.52 Å². The number of hydrogen-bond acceptors (Lipinski definition) is 6. The molecule has 2 atom stereocenters. The first-order valence-corrected chi connectivity index (χ1v) is 13.0. The van der Waals surface area contributed by atoms with Crippen LogP contribution in [-0.4, -0.2) is 71.0 Å². The summed E-state index contributed by atoms with van der Waals surface area (Å²) in [6, 6.07) is 9.74. The average molecular weight is 524 g/mol. The van der Waals surface area contributed by atoms with Crippen molar-refractivity contribution in [2.24, 2.45) is 11.8 Å². The molecule has 1 saturated heterocycles. The summed E-state index contributed by atoms with van der Waals surface area (Å²) < 4.78 is 32.6. The van der Waals surface area contributed by atoms with E-state index in [1.807, 2.05) is 18.2 Å². The van der Waals surface area contributed by atoms with Gasteiger partial charge in [0, 0.05) is 69.7 Å². The molecule has 0 bridgehead atoms. The van der Waals surface area contributed by atoms with E-state index in [0.29, 0.717) is 31.8 Å². The summed E-state index contributed by atoms with van der Waals surface area (Å²) in [6.45, 7) is 2.84. The van der Waals surface area contributed by atoms with Gasteiger partial charge in [0.05, 0.1) is 11.5 Å². The van der Waals surface area contributed by atoms with Gasteiger partial charge in [-0.25, -0.2) is 8.78 Å². The lowest BCUT2D eigenvalue weighted by Crippen LogP contribution is -2.56. The van der Waals surface area contributed by atoms with E-state index in [1.165, 1.54) is 25.0 Å². The van der Waals surface area contributed by atoms with Crippen LogP contribution in [0.15, 0.2) is 53.2 Å². The van der Waals surface area contributed by atoms with Crippen LogP contribution in [0.4, 0.5) is 8.78 Å². The second-order valence-corrected chi connectivity index (χ2v) is 10.2. The lowest BCUT2D eigenvalue weighted by atomic mass is 9.90. The van der Waals surface area contributed by atoms with Crippen LogP contribution >= 0.6 is 0 Å². The predicted octanol–water partition coefficient (Wildman–Crippen LogP) is 3.55. The minimum Gasteiger partial charge on any atom is -0.355 e. The molecule has 2 aromatic heterocycles. The van der Waals surface area contributed by atoms with Crippen LogP contribution in [-0.2, 0) is 11.2 Å². The van der Waals surface area contributed by atoms with Gasteiger partial charge in [0.25, 0.3) is 5.91 Å². The van der Waals surface area contributed by atoms with Crippen molar-refractivity contribution in [1.82, 2.24) is 25.3 Å². The highest BCUT2D eigenvalue weighted by molar-refractivity contribution is 5.94. The number of pyridine rings is 1. The minimum absolute atomic E-state index is 0.00826. The second-order valence-electron chi connectivity index (χ2n) is 10.2. The number of carbonyl (C=O) groups is 2. The maximum absolute atomic E-state index is 14.2. The maximum Gasteiger partial charge on any atom is 0.273 e. The first-order chi connectivity index (χ1) is 18.4. The number of carbonyl (C=O) groups excluding carboxylic acids is 2. The number of likely N-dealkylation sites (tertiary alicyclic amines) is 1. The monoisotopic (exact) mass is 523 g/mol. The largest absolute Gasteiger partial charge is 0.355 e. The zero-order valence-electron chi connectivity index (χ0n) is 21.3. The first kappa shape index (κ1) is 26.0. The standard InChI is InChI=1S/C28H31F2N5O3/c1-34(12-9-20-4-2-3-11-31-20)28(37)22-17-35(16-18-5-6-18)13-10-24(22)32-27(36)25-15-26(38-33-25)21-8-7-19(29)14-23(21)30/h2-4,7-8,11,14-15,18,22,24H,5-6,9-10,12-13,16-17H2,1H3,(H,32,36)/t22-,24-/m1/s1. The molecule has 1 saturated carbocycles. The van der Waals surface area contributed by atoms with Crippen LogP contribution in [0.1, 0.15) is 35.4 Å². The van der Waals surface area contributed by atoms with Gasteiger partial charge in [0.1, 0.15) is 11.6 Å². The fourth-order valence-corrected chi connectivity index (χ4v) is 4.94. The molecule has 0 spiro atoms. The van der Waals surface area contributed by atoms with Gasteiger partial charge >= 0.3 is 0 Å². The van der Waals surface area contributed by atoms with Crippen molar-refractivity contribution < 1.29 is 22.9 Å². The molecule has 0 radical (unpaired) electrons. The first-order valence-electron chi connectivity index (χ1n) is 13.0. The lowest BCUT2D eigenvalue weighted by molar-refractivity contribution is -0.137. The number of likely N-dealkylation sites (N-methyl/N-ethyl adjacent to an activating group) is 1. The van der Waals surface area contributed by atoms with Crippen LogP contribution in [0, 0.1) is 23.5 Å². The summed E-state index contributed by atoms with van der Waals surface area (Å²) >= 11 is 0. The normalized spacial score (nSPS) is 19.8. The maximum atomic E-state index is 14.2. The summed E-state index contributed by atoms with van der Waals surface area (Å²) in [5.41, 5.74) is 0.892. The Balaban J connectivity index is 1.27. The van der Waals surface area contributed by atoms with Gasteiger partial charge in [0.2, 0.25) is 5.91 Å². The molecule has 38 heavy (non-hydrogen) atoms. The van der Waals surface area contributed by atoms with Crippen molar-refractivity contribution in [3.63, 3.8) is 0 Å². The zero-order chi connectivity index (χ0) is 26.6. The highest BCUT2D eigenvalue weighted by Crippen LogP contribution is 2.32. The van der Waals surface area contributed by atoms with Crippen molar-refractivity contribution >= 4 is 11.8 Å². The molecule has 0 unspecified atom stereocenters. The van der Waals surface area contributed by atoms with Gasteiger partial charge in [-0.2, -0.15) is 0 Å². The Bertz CT molecular complexity index is 1280. The van der Waals surface area contributed by atoms with Gasteiger partial charge in [-0.05, 0) is 49.4 Å². The third-order valence-corrected chi connectivity index (χ3v) is 7.29. The van der Waals surface area contributed by atoms with E-state index >= 15 is 0 Å². The van der Waals surface area contributed by atoms with Gasteiger partial charge in [-0.3, -0.25) is 14.6 Å². The van der Waals surface area contributed by atoms with E-state index in [-0.39, 0.29) is 29.0 Å². The van der Waals surface area contributed by atoms with Crippen LogP contribution in [0.25, 0.3) is 11.3 Å². The number of benzene rings is 1. The molecule has 2 fully saturated rings. The fourth-order valence-electron chi connectivity index (χ4n) is 4.94. The smallest absolute Gasteiger partial charge is 0.273 e. The Morgan fingerprint density at radius 1 is 1.16 bits per heavy atom. The van der Waals surface area contributed by atoms with Crippen LogP contribution in [0.2, 0.25) is 0 Å². The number of aromatic nitrogens is 2. The van der Waals surface area contributed by atoms with Crippen molar-refractivity contribution in [2.45, 2.75) is 31.7 Å². The Hall–Kier alpha value is -3.66. The fraction of sp³-hybridized carbons (Fsp3) is 0.429. The number of halogens is 2. The Morgan fingerprint density at radius 3 is 2.74 bits per heavy atom. The number of hydrogen-bond donors (Lipinski definition) is 1. The molecular formula is C28H31F2N5O3. The van der Waals surface area contributed by atoms with E-state index in [1.54, 1.807) is 18.1 Å².